The number of anilines is 1. The highest BCUT2D eigenvalue weighted by molar-refractivity contribution is 7.90. The molecular formula is C21H26N4O5S. The van der Waals surface area contributed by atoms with Gasteiger partial charge in [0.25, 0.3) is 10.0 Å². The Labute approximate surface area is 181 Å². The van der Waals surface area contributed by atoms with E-state index in [1.54, 1.807) is 0 Å². The van der Waals surface area contributed by atoms with Crippen LogP contribution in [0.1, 0.15) is 42.0 Å². The second kappa shape index (κ2) is 7.83. The predicted octanol–water partition coefficient (Wildman–Crippen LogP) is 2.17. The maximum atomic E-state index is 12.8. The van der Waals surface area contributed by atoms with E-state index in [0.717, 1.165) is 55.3 Å². The SMILES string of the molecule is CCOC1COc2cc(S(=O)(=O)NC(=O)Nc3c4c(cc5c3CCC5)CCC4)nn2C1. The molecule has 9 nitrogen and oxygen atoms in total. The Morgan fingerprint density at radius 2 is 1.90 bits per heavy atom. The Balaban J connectivity index is 1.34. The molecule has 2 N–H and O–H groups in total. The number of nitrogens with one attached hydrogen (secondary N) is 2. The number of urea groups is 1. The van der Waals surface area contributed by atoms with Crippen LogP contribution in [0.3, 0.4) is 0 Å². The number of fused-ring (bicyclic) bond motifs is 3. The van der Waals surface area contributed by atoms with E-state index in [1.807, 2.05) is 6.92 Å². The lowest BCUT2D eigenvalue weighted by Crippen LogP contribution is -2.35. The first-order chi connectivity index (χ1) is 14.9. The average molecular weight is 447 g/mol. The molecular weight excluding hydrogens is 420 g/mol. The first-order valence-corrected chi connectivity index (χ1v) is 12.3. The lowest BCUT2D eigenvalue weighted by atomic mass is 9.99. The largest absolute Gasteiger partial charge is 0.475 e. The van der Waals surface area contributed by atoms with Gasteiger partial charge in [0.2, 0.25) is 10.9 Å². The summed E-state index contributed by atoms with van der Waals surface area (Å²) >= 11 is 0. The van der Waals surface area contributed by atoms with Crippen LogP contribution >= 0.6 is 0 Å². The zero-order valence-electron chi connectivity index (χ0n) is 17.4. The number of hydrogen-bond donors (Lipinski definition) is 2. The number of amides is 2. The Kier molecular flexibility index (Phi) is 5.13. The van der Waals surface area contributed by atoms with E-state index >= 15 is 0 Å². The van der Waals surface area contributed by atoms with Crippen LogP contribution in [-0.2, 0) is 47.0 Å². The smallest absolute Gasteiger partial charge is 0.333 e. The number of carbonyl (C=O) groups excluding carboxylic acids is 1. The molecule has 1 aromatic carbocycles. The Morgan fingerprint density at radius 1 is 1.19 bits per heavy atom. The molecule has 0 spiro atoms. The van der Waals surface area contributed by atoms with Crippen LogP contribution < -0.4 is 14.8 Å². The number of nitrogens with zero attached hydrogens (tertiary/aromatic N) is 2. The highest BCUT2D eigenvalue weighted by Crippen LogP contribution is 2.38. The zero-order valence-corrected chi connectivity index (χ0v) is 18.3. The van der Waals surface area contributed by atoms with Gasteiger partial charge in [-0.15, -0.1) is 0 Å². The molecule has 1 unspecified atom stereocenters. The van der Waals surface area contributed by atoms with Crippen LogP contribution in [0.25, 0.3) is 0 Å². The third kappa shape index (κ3) is 3.78. The van der Waals surface area contributed by atoms with E-state index in [1.165, 1.54) is 21.9 Å². The van der Waals surface area contributed by atoms with Gasteiger partial charge in [0.05, 0.1) is 6.54 Å². The van der Waals surface area contributed by atoms with Crippen molar-refractivity contribution in [1.29, 1.82) is 0 Å². The number of carbonyl (C=O) groups is 1. The third-order valence-corrected chi connectivity index (χ3v) is 7.33. The van der Waals surface area contributed by atoms with Gasteiger partial charge in [-0.1, -0.05) is 6.07 Å². The van der Waals surface area contributed by atoms with Gasteiger partial charge >= 0.3 is 6.03 Å². The number of rotatable bonds is 5. The van der Waals surface area contributed by atoms with Crippen molar-refractivity contribution in [2.24, 2.45) is 0 Å². The lowest BCUT2D eigenvalue weighted by molar-refractivity contribution is -0.00656. The summed E-state index contributed by atoms with van der Waals surface area (Å²) in [6, 6.07) is 2.82. The summed E-state index contributed by atoms with van der Waals surface area (Å²) < 4.78 is 40.2. The second-order valence-corrected chi connectivity index (χ2v) is 9.81. The molecule has 0 saturated heterocycles. The van der Waals surface area contributed by atoms with E-state index in [9.17, 15) is 13.2 Å². The molecule has 2 aromatic rings. The first kappa shape index (κ1) is 20.3. The molecule has 10 heteroatoms. The van der Waals surface area contributed by atoms with Gasteiger partial charge in [0.1, 0.15) is 12.7 Å². The second-order valence-electron chi connectivity index (χ2n) is 8.18. The fourth-order valence-corrected chi connectivity index (χ4v) is 5.66. The average Bonchev–Trinajstić information content (AvgIpc) is 3.46. The minimum Gasteiger partial charge on any atom is -0.475 e. The summed E-state index contributed by atoms with van der Waals surface area (Å²) in [7, 11) is -4.15. The summed E-state index contributed by atoms with van der Waals surface area (Å²) in [5.74, 6) is 0.343. The zero-order chi connectivity index (χ0) is 21.6. The van der Waals surface area contributed by atoms with Gasteiger partial charge < -0.3 is 14.8 Å². The molecule has 0 radical (unpaired) electrons. The Morgan fingerprint density at radius 3 is 2.58 bits per heavy atom. The van der Waals surface area contributed by atoms with E-state index in [4.69, 9.17) is 9.47 Å². The predicted molar refractivity (Wildman–Crippen MR) is 113 cm³/mol. The molecule has 5 rings (SSSR count). The normalized spacial score (nSPS) is 19.3. The van der Waals surface area contributed by atoms with Crippen LogP contribution in [0.2, 0.25) is 0 Å². The summed E-state index contributed by atoms with van der Waals surface area (Å²) in [5, 5.41) is 6.70. The number of aromatic nitrogens is 2. The highest BCUT2D eigenvalue weighted by Gasteiger charge is 2.29. The highest BCUT2D eigenvalue weighted by atomic mass is 32.2. The van der Waals surface area contributed by atoms with Crippen LogP contribution in [0.4, 0.5) is 10.5 Å². The van der Waals surface area contributed by atoms with Crippen LogP contribution in [0.15, 0.2) is 17.2 Å². The summed E-state index contributed by atoms with van der Waals surface area (Å²) in [6.45, 7) is 3.14. The molecule has 31 heavy (non-hydrogen) atoms. The molecule has 2 amide bonds. The molecule has 3 aliphatic rings. The molecule has 0 saturated carbocycles. The van der Waals surface area contributed by atoms with Crippen molar-refractivity contribution >= 4 is 21.7 Å². The van der Waals surface area contributed by atoms with Crippen molar-refractivity contribution in [2.45, 2.75) is 63.1 Å². The maximum Gasteiger partial charge on any atom is 0.333 e. The molecule has 1 aliphatic heterocycles. The Bertz CT molecular complexity index is 1110. The van der Waals surface area contributed by atoms with Crippen molar-refractivity contribution in [1.82, 2.24) is 14.5 Å². The number of hydrogen-bond acceptors (Lipinski definition) is 6. The standard InChI is InChI=1S/C21H26N4O5S/c1-2-29-15-11-25-19(30-12-15)10-18(23-25)31(27,28)24-21(26)22-20-16-7-3-5-13(16)9-14-6-4-8-17(14)20/h9-10,15H,2-8,11-12H2,1H3,(H2,22,24,26). The molecule has 1 aromatic heterocycles. The van der Waals surface area contributed by atoms with E-state index in [-0.39, 0.29) is 11.1 Å². The molecule has 2 heterocycles. The molecule has 1 atom stereocenters. The van der Waals surface area contributed by atoms with Crippen LogP contribution in [0, 0.1) is 0 Å². The fourth-order valence-electron chi connectivity index (χ4n) is 4.80. The number of benzene rings is 1. The third-order valence-electron chi connectivity index (χ3n) is 6.13. The molecule has 166 valence electrons. The van der Waals surface area contributed by atoms with E-state index in [0.29, 0.717) is 25.6 Å². The van der Waals surface area contributed by atoms with Crippen molar-refractivity contribution < 1.29 is 22.7 Å². The van der Waals surface area contributed by atoms with Gasteiger partial charge in [-0.05, 0) is 67.7 Å². The number of aryl methyl sites for hydroxylation is 2. The topological polar surface area (TPSA) is 112 Å². The van der Waals surface area contributed by atoms with Crippen LogP contribution in [0.5, 0.6) is 5.88 Å². The van der Waals surface area contributed by atoms with Gasteiger partial charge in [-0.2, -0.15) is 13.5 Å². The fraction of sp³-hybridized carbons (Fsp3) is 0.524. The van der Waals surface area contributed by atoms with Gasteiger partial charge in [-0.25, -0.2) is 14.2 Å². The number of ether oxygens (including phenoxy) is 2. The van der Waals surface area contributed by atoms with Crippen molar-refractivity contribution in [2.75, 3.05) is 18.5 Å². The first-order valence-electron chi connectivity index (χ1n) is 10.8. The van der Waals surface area contributed by atoms with Crippen molar-refractivity contribution in [3.8, 4) is 5.88 Å². The van der Waals surface area contributed by atoms with E-state index < -0.39 is 16.1 Å². The van der Waals surface area contributed by atoms with Crippen LogP contribution in [-0.4, -0.2) is 43.5 Å². The minimum absolute atomic E-state index is 0.188. The maximum absolute atomic E-state index is 12.8. The van der Waals surface area contributed by atoms with Gasteiger partial charge in [-0.3, -0.25) is 0 Å². The van der Waals surface area contributed by atoms with Crippen molar-refractivity contribution in [3.05, 3.63) is 34.4 Å². The van der Waals surface area contributed by atoms with Gasteiger partial charge in [0, 0.05) is 18.4 Å². The van der Waals surface area contributed by atoms with E-state index in [2.05, 4.69) is 21.2 Å². The molecule has 0 bridgehead atoms. The summed E-state index contributed by atoms with van der Waals surface area (Å²) in [6.07, 6.45) is 5.71. The monoisotopic (exact) mass is 446 g/mol. The summed E-state index contributed by atoms with van der Waals surface area (Å²) in [4.78, 5) is 12.7. The van der Waals surface area contributed by atoms with Crippen molar-refractivity contribution in [3.63, 3.8) is 0 Å². The summed E-state index contributed by atoms with van der Waals surface area (Å²) in [5.41, 5.74) is 5.60. The molecule has 2 aliphatic carbocycles. The Hall–Kier alpha value is -2.59. The minimum atomic E-state index is -4.15. The quantitative estimate of drug-likeness (QED) is 0.728. The number of sulfonamides is 1. The molecule has 0 fully saturated rings. The van der Waals surface area contributed by atoms with Gasteiger partial charge in [0.15, 0.2) is 0 Å². The lowest BCUT2D eigenvalue weighted by Gasteiger charge is -2.23.